The third-order valence-corrected chi connectivity index (χ3v) is 4.18. The molecule has 0 spiro atoms. The molecule has 0 unspecified atom stereocenters. The minimum Gasteiger partial charge on any atom is -0.497 e. The van der Waals surface area contributed by atoms with E-state index in [1.165, 1.54) is 0 Å². The van der Waals surface area contributed by atoms with Crippen LogP contribution in [-0.2, 0) is 6.54 Å². The Kier molecular flexibility index (Phi) is 4.92. The third-order valence-electron chi connectivity index (χ3n) is 4.18. The molecule has 1 saturated heterocycles. The molecular weight excluding hydrogens is 292 g/mol. The van der Waals surface area contributed by atoms with Crippen molar-refractivity contribution in [3.8, 4) is 5.75 Å². The lowest BCUT2D eigenvalue weighted by molar-refractivity contribution is 0.0631. The standard InChI is InChI=1S/C17H22N4O2/c1-23-16-5-2-4-15(14-16)17(22)20-11-8-19(9-12-20)10-13-21-7-3-6-18-21/h2-7,14H,8-13H2,1H3. The van der Waals surface area contributed by atoms with Gasteiger partial charge in [0.05, 0.1) is 13.7 Å². The second-order valence-corrected chi connectivity index (χ2v) is 5.63. The Morgan fingerprint density at radius 2 is 2.00 bits per heavy atom. The van der Waals surface area contributed by atoms with Gasteiger partial charge in [0.2, 0.25) is 0 Å². The van der Waals surface area contributed by atoms with E-state index in [1.54, 1.807) is 19.4 Å². The van der Waals surface area contributed by atoms with Crippen LogP contribution in [0.15, 0.2) is 42.7 Å². The summed E-state index contributed by atoms with van der Waals surface area (Å²) in [6, 6.07) is 9.28. The number of benzene rings is 1. The summed E-state index contributed by atoms with van der Waals surface area (Å²) in [7, 11) is 1.61. The molecule has 1 fully saturated rings. The summed E-state index contributed by atoms with van der Waals surface area (Å²) < 4.78 is 7.13. The predicted octanol–water partition coefficient (Wildman–Crippen LogP) is 1.35. The van der Waals surface area contributed by atoms with Gasteiger partial charge in [0.1, 0.15) is 5.75 Å². The number of rotatable bonds is 5. The highest BCUT2D eigenvalue weighted by atomic mass is 16.5. The van der Waals surface area contributed by atoms with Gasteiger partial charge in [-0.15, -0.1) is 0 Å². The summed E-state index contributed by atoms with van der Waals surface area (Å²) >= 11 is 0. The fourth-order valence-corrected chi connectivity index (χ4v) is 2.79. The molecule has 6 heteroatoms. The molecular formula is C17H22N4O2. The van der Waals surface area contributed by atoms with Gasteiger partial charge in [-0.25, -0.2) is 0 Å². The van der Waals surface area contributed by atoms with Gasteiger partial charge < -0.3 is 9.64 Å². The number of hydrogen-bond acceptors (Lipinski definition) is 4. The van der Waals surface area contributed by atoms with Crippen molar-refractivity contribution in [3.05, 3.63) is 48.3 Å². The number of methoxy groups -OCH3 is 1. The molecule has 122 valence electrons. The van der Waals surface area contributed by atoms with Gasteiger partial charge in [-0.05, 0) is 24.3 Å². The molecule has 1 amide bonds. The zero-order valence-corrected chi connectivity index (χ0v) is 13.4. The molecule has 2 heterocycles. The van der Waals surface area contributed by atoms with E-state index in [2.05, 4.69) is 10.00 Å². The monoisotopic (exact) mass is 314 g/mol. The molecule has 0 N–H and O–H groups in total. The van der Waals surface area contributed by atoms with Gasteiger partial charge in [0, 0.05) is 50.7 Å². The highest BCUT2D eigenvalue weighted by Crippen LogP contribution is 2.15. The second-order valence-electron chi connectivity index (χ2n) is 5.63. The summed E-state index contributed by atoms with van der Waals surface area (Å²) in [5, 5.41) is 4.21. The van der Waals surface area contributed by atoms with Crippen molar-refractivity contribution in [1.29, 1.82) is 0 Å². The number of carbonyl (C=O) groups is 1. The quantitative estimate of drug-likeness (QED) is 0.836. The van der Waals surface area contributed by atoms with Crippen LogP contribution in [0.2, 0.25) is 0 Å². The first kappa shape index (κ1) is 15.6. The van der Waals surface area contributed by atoms with Gasteiger partial charge >= 0.3 is 0 Å². The minimum atomic E-state index is 0.0793. The van der Waals surface area contributed by atoms with Crippen molar-refractivity contribution >= 4 is 5.91 Å². The zero-order valence-electron chi connectivity index (χ0n) is 13.4. The largest absolute Gasteiger partial charge is 0.497 e. The number of ether oxygens (including phenoxy) is 1. The predicted molar refractivity (Wildman–Crippen MR) is 87.6 cm³/mol. The average molecular weight is 314 g/mol. The van der Waals surface area contributed by atoms with Crippen LogP contribution in [0.25, 0.3) is 0 Å². The van der Waals surface area contributed by atoms with Crippen molar-refractivity contribution in [1.82, 2.24) is 19.6 Å². The van der Waals surface area contributed by atoms with Crippen molar-refractivity contribution in [2.45, 2.75) is 6.54 Å². The Bertz CT molecular complexity index is 634. The van der Waals surface area contributed by atoms with E-state index < -0.39 is 0 Å². The van der Waals surface area contributed by atoms with E-state index in [0.29, 0.717) is 11.3 Å². The molecule has 1 aliphatic rings. The maximum absolute atomic E-state index is 12.6. The molecule has 0 radical (unpaired) electrons. The third kappa shape index (κ3) is 3.90. The summed E-state index contributed by atoms with van der Waals surface area (Å²) in [5.74, 6) is 0.796. The van der Waals surface area contributed by atoms with E-state index in [0.717, 1.165) is 39.3 Å². The van der Waals surface area contributed by atoms with Gasteiger partial charge in [-0.1, -0.05) is 6.07 Å². The van der Waals surface area contributed by atoms with E-state index in [1.807, 2.05) is 40.0 Å². The number of nitrogens with zero attached hydrogens (tertiary/aromatic N) is 4. The van der Waals surface area contributed by atoms with E-state index >= 15 is 0 Å². The number of aromatic nitrogens is 2. The topological polar surface area (TPSA) is 50.6 Å². The normalized spacial score (nSPS) is 15.6. The van der Waals surface area contributed by atoms with Crippen LogP contribution in [-0.4, -0.2) is 65.3 Å². The molecule has 23 heavy (non-hydrogen) atoms. The molecule has 1 aromatic carbocycles. The first-order valence-electron chi connectivity index (χ1n) is 7.89. The summed E-state index contributed by atoms with van der Waals surface area (Å²) in [6.45, 7) is 5.16. The van der Waals surface area contributed by atoms with Crippen LogP contribution in [0.4, 0.5) is 0 Å². The maximum Gasteiger partial charge on any atom is 0.254 e. The van der Waals surface area contributed by atoms with Crippen molar-refractivity contribution in [3.63, 3.8) is 0 Å². The van der Waals surface area contributed by atoms with E-state index in [9.17, 15) is 4.79 Å². The van der Waals surface area contributed by atoms with E-state index in [-0.39, 0.29) is 5.91 Å². The smallest absolute Gasteiger partial charge is 0.254 e. The number of carbonyl (C=O) groups excluding carboxylic acids is 1. The minimum absolute atomic E-state index is 0.0793. The first-order valence-corrected chi connectivity index (χ1v) is 7.89. The van der Waals surface area contributed by atoms with Crippen LogP contribution in [0.3, 0.4) is 0 Å². The van der Waals surface area contributed by atoms with Crippen molar-refractivity contribution in [2.75, 3.05) is 39.8 Å². The van der Waals surface area contributed by atoms with Crippen molar-refractivity contribution in [2.24, 2.45) is 0 Å². The van der Waals surface area contributed by atoms with Crippen LogP contribution in [0, 0.1) is 0 Å². The van der Waals surface area contributed by atoms with Gasteiger partial charge in [-0.3, -0.25) is 14.4 Å². The molecule has 0 saturated carbocycles. The Morgan fingerprint density at radius 1 is 1.17 bits per heavy atom. The van der Waals surface area contributed by atoms with Gasteiger partial charge in [0.25, 0.3) is 5.91 Å². The lowest BCUT2D eigenvalue weighted by atomic mass is 10.1. The van der Waals surface area contributed by atoms with Crippen molar-refractivity contribution < 1.29 is 9.53 Å². The molecule has 1 aromatic heterocycles. The molecule has 0 atom stereocenters. The fraction of sp³-hybridized carbons (Fsp3) is 0.412. The van der Waals surface area contributed by atoms with Crippen LogP contribution >= 0.6 is 0 Å². The Labute approximate surface area is 136 Å². The lowest BCUT2D eigenvalue weighted by Crippen LogP contribution is -2.49. The van der Waals surface area contributed by atoms with Gasteiger partial charge in [0.15, 0.2) is 0 Å². The summed E-state index contributed by atoms with van der Waals surface area (Å²) in [4.78, 5) is 16.8. The van der Waals surface area contributed by atoms with Crippen LogP contribution in [0.1, 0.15) is 10.4 Å². The number of piperazine rings is 1. The zero-order chi connectivity index (χ0) is 16.1. The van der Waals surface area contributed by atoms with Crippen LogP contribution in [0.5, 0.6) is 5.75 Å². The van der Waals surface area contributed by atoms with Crippen LogP contribution < -0.4 is 4.74 Å². The Hall–Kier alpha value is -2.34. The average Bonchev–Trinajstić information content (AvgIpc) is 3.13. The molecule has 1 aliphatic heterocycles. The Morgan fingerprint density at radius 3 is 2.70 bits per heavy atom. The lowest BCUT2D eigenvalue weighted by Gasteiger charge is -2.34. The SMILES string of the molecule is COc1cccc(C(=O)N2CCN(CCn3cccn3)CC2)c1. The van der Waals surface area contributed by atoms with E-state index in [4.69, 9.17) is 4.74 Å². The fourth-order valence-electron chi connectivity index (χ4n) is 2.79. The molecule has 0 bridgehead atoms. The highest BCUT2D eigenvalue weighted by molar-refractivity contribution is 5.94. The molecule has 2 aromatic rings. The summed E-state index contributed by atoms with van der Waals surface area (Å²) in [5.41, 5.74) is 0.689. The summed E-state index contributed by atoms with van der Waals surface area (Å²) in [6.07, 6.45) is 3.77. The number of amides is 1. The number of hydrogen-bond donors (Lipinski definition) is 0. The molecule has 0 aliphatic carbocycles. The Balaban J connectivity index is 1.50. The highest BCUT2D eigenvalue weighted by Gasteiger charge is 2.22. The second kappa shape index (κ2) is 7.28. The molecule has 3 rings (SSSR count). The first-order chi connectivity index (χ1) is 11.3. The maximum atomic E-state index is 12.6. The van der Waals surface area contributed by atoms with Gasteiger partial charge in [-0.2, -0.15) is 5.10 Å². The molecule has 6 nitrogen and oxygen atoms in total.